The summed E-state index contributed by atoms with van der Waals surface area (Å²) in [5.74, 6) is 2.14. The molecule has 0 aromatic carbocycles. The number of methoxy groups -OCH3 is 1. The quantitative estimate of drug-likeness (QED) is 0.368. The fraction of sp³-hybridized carbons (Fsp3) is 0.714. The van der Waals surface area contributed by atoms with Gasteiger partial charge in [0.1, 0.15) is 23.6 Å². The van der Waals surface area contributed by atoms with E-state index in [0.717, 1.165) is 51.8 Å². The zero-order valence-corrected chi connectivity index (χ0v) is 18.4. The van der Waals surface area contributed by atoms with Crippen molar-refractivity contribution < 1.29 is 18.7 Å². The van der Waals surface area contributed by atoms with Gasteiger partial charge in [0.15, 0.2) is 5.96 Å². The van der Waals surface area contributed by atoms with Crippen LogP contribution in [-0.2, 0) is 16.0 Å². The van der Waals surface area contributed by atoms with Gasteiger partial charge < -0.3 is 24.5 Å². The highest BCUT2D eigenvalue weighted by Crippen LogP contribution is 2.16. The summed E-state index contributed by atoms with van der Waals surface area (Å²) in [4.78, 5) is 18.9. The first-order chi connectivity index (χ1) is 13.9. The number of hydrogen-bond acceptors (Lipinski definition) is 6. The molecule has 1 fully saturated rings. The maximum atomic E-state index is 11.7. The molecule has 0 spiro atoms. The molecule has 0 radical (unpaired) electrons. The van der Waals surface area contributed by atoms with E-state index >= 15 is 0 Å². The van der Waals surface area contributed by atoms with Crippen LogP contribution in [0.25, 0.3) is 0 Å². The third-order valence-corrected chi connectivity index (χ3v) is 4.92. The van der Waals surface area contributed by atoms with E-state index < -0.39 is 5.97 Å². The number of morpholine rings is 1. The van der Waals surface area contributed by atoms with Crippen LogP contribution in [-0.4, -0.2) is 69.4 Å². The minimum atomic E-state index is -0.395. The van der Waals surface area contributed by atoms with E-state index in [1.165, 1.54) is 7.11 Å². The molecule has 29 heavy (non-hydrogen) atoms. The molecule has 1 aliphatic rings. The molecule has 1 unspecified atom stereocenters. The summed E-state index contributed by atoms with van der Waals surface area (Å²) < 4.78 is 15.9. The zero-order chi connectivity index (χ0) is 21.2. The molecule has 1 atom stereocenters. The van der Waals surface area contributed by atoms with E-state index in [0.29, 0.717) is 35.6 Å². The normalized spacial score (nSPS) is 16.7. The van der Waals surface area contributed by atoms with Crippen LogP contribution in [0.3, 0.4) is 0 Å². The van der Waals surface area contributed by atoms with Gasteiger partial charge in [-0.15, -0.1) is 0 Å². The summed E-state index contributed by atoms with van der Waals surface area (Å²) in [5.41, 5.74) is 0.444. The lowest BCUT2D eigenvalue weighted by Crippen LogP contribution is -2.51. The fourth-order valence-corrected chi connectivity index (χ4v) is 3.50. The summed E-state index contributed by atoms with van der Waals surface area (Å²) in [6.45, 7) is 13.8. The number of rotatable bonds is 9. The van der Waals surface area contributed by atoms with Crippen LogP contribution in [0.15, 0.2) is 15.5 Å². The summed E-state index contributed by atoms with van der Waals surface area (Å²) in [6.07, 6.45) is 1.12. The van der Waals surface area contributed by atoms with Crippen LogP contribution in [0.4, 0.5) is 0 Å². The van der Waals surface area contributed by atoms with Crippen molar-refractivity contribution in [3.8, 4) is 0 Å². The highest BCUT2D eigenvalue weighted by molar-refractivity contribution is 5.90. The van der Waals surface area contributed by atoms with Crippen molar-refractivity contribution >= 4 is 11.9 Å². The summed E-state index contributed by atoms with van der Waals surface area (Å²) >= 11 is 0. The Kier molecular flexibility index (Phi) is 9.47. The smallest absolute Gasteiger partial charge is 0.341 e. The maximum absolute atomic E-state index is 11.7. The highest BCUT2D eigenvalue weighted by atomic mass is 16.5. The number of guanidine groups is 1. The molecule has 2 N–H and O–H groups in total. The first kappa shape index (κ1) is 23.2. The number of hydrogen-bond donors (Lipinski definition) is 2. The Bertz CT molecular complexity index is 666. The molecule has 0 bridgehead atoms. The van der Waals surface area contributed by atoms with Crippen LogP contribution >= 0.6 is 0 Å². The van der Waals surface area contributed by atoms with Crippen LogP contribution in [0, 0.1) is 12.8 Å². The Balaban J connectivity index is 2.00. The fourth-order valence-electron chi connectivity index (χ4n) is 3.50. The van der Waals surface area contributed by atoms with Gasteiger partial charge in [0.05, 0.1) is 20.3 Å². The number of nitrogens with one attached hydrogen (secondary N) is 2. The topological polar surface area (TPSA) is 88.3 Å². The third kappa shape index (κ3) is 7.36. The van der Waals surface area contributed by atoms with Gasteiger partial charge in [-0.3, -0.25) is 4.90 Å². The van der Waals surface area contributed by atoms with Crippen LogP contribution in [0.5, 0.6) is 0 Å². The number of aryl methyl sites for hydroxylation is 1. The van der Waals surface area contributed by atoms with Crippen molar-refractivity contribution in [2.45, 2.75) is 46.7 Å². The summed E-state index contributed by atoms with van der Waals surface area (Å²) in [7, 11) is 1.36. The second kappa shape index (κ2) is 11.8. The van der Waals surface area contributed by atoms with E-state index in [1.807, 2.05) is 6.92 Å². The van der Waals surface area contributed by atoms with Crippen molar-refractivity contribution in [1.82, 2.24) is 15.5 Å². The molecule has 0 aliphatic carbocycles. The molecule has 1 aromatic rings. The van der Waals surface area contributed by atoms with Crippen molar-refractivity contribution in [2.75, 3.05) is 46.5 Å². The molecule has 1 aliphatic heterocycles. The lowest BCUT2D eigenvalue weighted by atomic mass is 10.0. The Morgan fingerprint density at radius 1 is 1.31 bits per heavy atom. The molecule has 0 amide bonds. The van der Waals surface area contributed by atoms with Gasteiger partial charge >= 0.3 is 5.97 Å². The van der Waals surface area contributed by atoms with Crippen LogP contribution in [0.1, 0.15) is 49.1 Å². The van der Waals surface area contributed by atoms with E-state index in [-0.39, 0.29) is 0 Å². The number of ether oxygens (including phenoxy) is 2. The minimum Gasteiger partial charge on any atom is -0.465 e. The molecule has 2 rings (SSSR count). The monoisotopic (exact) mass is 408 g/mol. The standard InChI is InChI=1S/C21H36N4O4/c1-6-22-21(24-14-18-12-19(16(4)29-18)20(26)27-5)23-13-17(11-15(2)3)25-7-9-28-10-8-25/h12,15,17H,6-11,13-14H2,1-5H3,(H2,22,23,24). The molecule has 1 aromatic heterocycles. The van der Waals surface area contributed by atoms with Gasteiger partial charge in [0.2, 0.25) is 0 Å². The van der Waals surface area contributed by atoms with Gasteiger partial charge in [0.25, 0.3) is 0 Å². The first-order valence-corrected chi connectivity index (χ1v) is 10.5. The van der Waals surface area contributed by atoms with E-state index in [4.69, 9.17) is 13.9 Å². The van der Waals surface area contributed by atoms with E-state index in [9.17, 15) is 4.79 Å². The molecule has 8 heteroatoms. The molecule has 0 saturated carbocycles. The second-order valence-electron chi connectivity index (χ2n) is 7.68. The Labute approximate surface area is 174 Å². The SMILES string of the molecule is CCNC(=NCc1cc(C(=O)OC)c(C)o1)NCC(CC(C)C)N1CCOCC1. The van der Waals surface area contributed by atoms with Crippen molar-refractivity contribution in [3.63, 3.8) is 0 Å². The molecule has 2 heterocycles. The van der Waals surface area contributed by atoms with Gasteiger partial charge in [-0.1, -0.05) is 13.8 Å². The van der Waals surface area contributed by atoms with Crippen molar-refractivity contribution in [1.29, 1.82) is 0 Å². The average Bonchev–Trinajstić information content (AvgIpc) is 3.09. The third-order valence-electron chi connectivity index (χ3n) is 4.92. The minimum absolute atomic E-state index is 0.347. The number of esters is 1. The predicted molar refractivity (Wildman–Crippen MR) is 113 cm³/mol. The molecule has 1 saturated heterocycles. The highest BCUT2D eigenvalue weighted by Gasteiger charge is 2.22. The number of furan rings is 1. The van der Waals surface area contributed by atoms with Gasteiger partial charge in [-0.25, -0.2) is 9.79 Å². The average molecular weight is 409 g/mol. The summed E-state index contributed by atoms with van der Waals surface area (Å²) in [6, 6.07) is 2.13. The van der Waals surface area contributed by atoms with Gasteiger partial charge in [0, 0.05) is 32.2 Å². The Morgan fingerprint density at radius 2 is 2.03 bits per heavy atom. The Morgan fingerprint density at radius 3 is 2.66 bits per heavy atom. The molecular formula is C21H36N4O4. The molecule has 8 nitrogen and oxygen atoms in total. The zero-order valence-electron chi connectivity index (χ0n) is 18.4. The van der Waals surface area contributed by atoms with Crippen molar-refractivity contribution in [2.24, 2.45) is 10.9 Å². The molecular weight excluding hydrogens is 372 g/mol. The predicted octanol–water partition coefficient (Wildman–Crippen LogP) is 2.18. The second-order valence-corrected chi connectivity index (χ2v) is 7.68. The largest absolute Gasteiger partial charge is 0.465 e. The van der Waals surface area contributed by atoms with Crippen molar-refractivity contribution in [3.05, 3.63) is 23.2 Å². The lowest BCUT2D eigenvalue weighted by molar-refractivity contribution is 0.0132. The number of carbonyl (C=O) groups excluding carboxylic acids is 1. The van der Waals surface area contributed by atoms with Gasteiger partial charge in [-0.2, -0.15) is 0 Å². The van der Waals surface area contributed by atoms with Gasteiger partial charge in [-0.05, 0) is 32.3 Å². The maximum Gasteiger partial charge on any atom is 0.341 e. The van der Waals surface area contributed by atoms with E-state index in [1.54, 1.807) is 13.0 Å². The molecule has 164 valence electrons. The van der Waals surface area contributed by atoms with E-state index in [2.05, 4.69) is 34.4 Å². The lowest BCUT2D eigenvalue weighted by Gasteiger charge is -2.35. The number of nitrogens with zero attached hydrogens (tertiary/aromatic N) is 2. The number of carbonyl (C=O) groups is 1. The first-order valence-electron chi connectivity index (χ1n) is 10.5. The summed E-state index contributed by atoms with van der Waals surface area (Å²) in [5, 5.41) is 6.75. The Hall–Kier alpha value is -2.06. The number of aliphatic imine (C=N–C) groups is 1. The van der Waals surface area contributed by atoms with Crippen LogP contribution in [0.2, 0.25) is 0 Å². The van der Waals surface area contributed by atoms with Crippen LogP contribution < -0.4 is 10.6 Å².